The van der Waals surface area contributed by atoms with E-state index in [0.717, 1.165) is 44.9 Å². The number of carboxylic acids is 1. The maximum Gasteiger partial charge on any atom is 0.329 e. The number of hydrogen-bond donors (Lipinski definition) is 2. The summed E-state index contributed by atoms with van der Waals surface area (Å²) in [4.78, 5) is 23.3. The van der Waals surface area contributed by atoms with Crippen molar-refractivity contribution in [2.24, 2.45) is 0 Å². The molecule has 2 saturated carbocycles. The number of carbonyl (C=O) groups excluding carboxylic acids is 1. The summed E-state index contributed by atoms with van der Waals surface area (Å²) in [5.41, 5.74) is -1.06. The first-order chi connectivity index (χ1) is 9.12. The summed E-state index contributed by atoms with van der Waals surface area (Å²) in [6, 6.07) is 0. The van der Waals surface area contributed by atoms with Crippen LogP contribution in [0.5, 0.6) is 0 Å². The Kier molecular flexibility index (Phi) is 4.80. The van der Waals surface area contributed by atoms with Crippen LogP contribution in [0.15, 0.2) is 0 Å². The van der Waals surface area contributed by atoms with Crippen molar-refractivity contribution in [2.75, 3.05) is 6.61 Å². The first kappa shape index (κ1) is 14.3. The van der Waals surface area contributed by atoms with E-state index in [4.69, 9.17) is 4.74 Å². The van der Waals surface area contributed by atoms with Crippen LogP contribution in [0.1, 0.15) is 57.8 Å². The normalized spacial score (nSPS) is 23.2. The molecule has 0 bridgehead atoms. The molecule has 0 atom stereocenters. The third-order valence-corrected chi connectivity index (χ3v) is 4.25. The summed E-state index contributed by atoms with van der Waals surface area (Å²) >= 11 is 0. The highest BCUT2D eigenvalue weighted by atomic mass is 16.5. The molecule has 0 radical (unpaired) electrons. The molecule has 0 heterocycles. The molecule has 0 unspecified atom stereocenters. The molecule has 0 aromatic heterocycles. The van der Waals surface area contributed by atoms with Crippen molar-refractivity contribution in [3.05, 3.63) is 0 Å². The second-order valence-electron chi connectivity index (χ2n) is 5.71. The molecule has 0 aromatic rings. The fraction of sp³-hybridized carbons (Fsp3) is 0.857. The van der Waals surface area contributed by atoms with Gasteiger partial charge in [-0.15, -0.1) is 0 Å². The number of amides is 1. The predicted molar refractivity (Wildman–Crippen MR) is 69.8 cm³/mol. The average molecular weight is 269 g/mol. The van der Waals surface area contributed by atoms with Crippen LogP contribution >= 0.6 is 0 Å². The Morgan fingerprint density at radius 2 is 1.74 bits per heavy atom. The van der Waals surface area contributed by atoms with E-state index in [2.05, 4.69) is 5.32 Å². The number of rotatable bonds is 5. The van der Waals surface area contributed by atoms with Gasteiger partial charge in [-0.2, -0.15) is 0 Å². The van der Waals surface area contributed by atoms with Crippen LogP contribution in [0.3, 0.4) is 0 Å². The quantitative estimate of drug-likeness (QED) is 0.798. The minimum atomic E-state index is -1.06. The molecule has 5 heteroatoms. The third kappa shape index (κ3) is 3.69. The molecule has 0 aromatic carbocycles. The topological polar surface area (TPSA) is 75.6 Å². The Hall–Kier alpha value is -1.10. The lowest BCUT2D eigenvalue weighted by molar-refractivity contribution is -0.150. The fourth-order valence-electron chi connectivity index (χ4n) is 3.10. The molecular weight excluding hydrogens is 246 g/mol. The Morgan fingerprint density at radius 1 is 1.11 bits per heavy atom. The zero-order valence-electron chi connectivity index (χ0n) is 11.3. The first-order valence-corrected chi connectivity index (χ1v) is 7.28. The van der Waals surface area contributed by atoms with E-state index < -0.39 is 11.5 Å². The van der Waals surface area contributed by atoms with Crippen molar-refractivity contribution in [1.82, 2.24) is 5.32 Å². The van der Waals surface area contributed by atoms with Crippen molar-refractivity contribution in [2.45, 2.75) is 69.4 Å². The van der Waals surface area contributed by atoms with Gasteiger partial charge in [0.05, 0.1) is 6.10 Å². The smallest absolute Gasteiger partial charge is 0.329 e. The van der Waals surface area contributed by atoms with E-state index >= 15 is 0 Å². The van der Waals surface area contributed by atoms with E-state index in [-0.39, 0.29) is 18.6 Å². The van der Waals surface area contributed by atoms with Crippen LogP contribution in [0.2, 0.25) is 0 Å². The van der Waals surface area contributed by atoms with Crippen LogP contribution < -0.4 is 5.32 Å². The Morgan fingerprint density at radius 3 is 2.32 bits per heavy atom. The lowest BCUT2D eigenvalue weighted by Gasteiger charge is -2.34. The van der Waals surface area contributed by atoms with E-state index in [1.165, 1.54) is 0 Å². The van der Waals surface area contributed by atoms with Crippen molar-refractivity contribution in [1.29, 1.82) is 0 Å². The Bertz CT molecular complexity index is 330. The van der Waals surface area contributed by atoms with Gasteiger partial charge in [0, 0.05) is 0 Å². The molecule has 108 valence electrons. The molecule has 2 aliphatic carbocycles. The SMILES string of the molecule is O=C(COC1CCCC1)NC1(C(=O)O)CCCCC1. The third-order valence-electron chi connectivity index (χ3n) is 4.25. The summed E-state index contributed by atoms with van der Waals surface area (Å²) in [6.07, 6.45) is 8.33. The Labute approximate surface area is 113 Å². The zero-order chi connectivity index (χ0) is 13.7. The van der Waals surface area contributed by atoms with E-state index in [9.17, 15) is 14.7 Å². The second-order valence-corrected chi connectivity index (χ2v) is 5.71. The molecule has 19 heavy (non-hydrogen) atoms. The molecule has 2 rings (SSSR count). The fourth-order valence-corrected chi connectivity index (χ4v) is 3.10. The van der Waals surface area contributed by atoms with Crippen molar-refractivity contribution in [3.8, 4) is 0 Å². The monoisotopic (exact) mass is 269 g/mol. The molecule has 2 aliphatic rings. The molecule has 2 fully saturated rings. The van der Waals surface area contributed by atoms with Gasteiger partial charge in [-0.3, -0.25) is 4.79 Å². The largest absolute Gasteiger partial charge is 0.480 e. The standard InChI is InChI=1S/C14H23NO4/c16-12(10-19-11-6-2-3-7-11)15-14(13(17)18)8-4-1-5-9-14/h11H,1-10H2,(H,15,16)(H,17,18). The average Bonchev–Trinajstić information content (AvgIpc) is 2.90. The molecule has 0 spiro atoms. The highest BCUT2D eigenvalue weighted by Crippen LogP contribution is 2.28. The Balaban J connectivity index is 1.82. The minimum Gasteiger partial charge on any atom is -0.480 e. The number of hydrogen-bond acceptors (Lipinski definition) is 3. The number of aliphatic carboxylic acids is 1. The molecule has 5 nitrogen and oxygen atoms in total. The van der Waals surface area contributed by atoms with Gasteiger partial charge in [-0.05, 0) is 25.7 Å². The van der Waals surface area contributed by atoms with E-state index in [1.807, 2.05) is 0 Å². The lowest BCUT2D eigenvalue weighted by atomic mass is 9.81. The molecule has 2 N–H and O–H groups in total. The molecule has 1 amide bonds. The summed E-state index contributed by atoms with van der Waals surface area (Å²) in [6.45, 7) is -0.0142. The maximum absolute atomic E-state index is 11.9. The second kappa shape index (κ2) is 6.37. The van der Waals surface area contributed by atoms with Gasteiger partial charge < -0.3 is 15.2 Å². The highest BCUT2D eigenvalue weighted by molar-refractivity contribution is 5.87. The maximum atomic E-state index is 11.9. The zero-order valence-corrected chi connectivity index (χ0v) is 11.3. The van der Waals surface area contributed by atoms with Crippen LogP contribution in [0.4, 0.5) is 0 Å². The van der Waals surface area contributed by atoms with Crippen LogP contribution in [-0.2, 0) is 14.3 Å². The molecular formula is C14H23NO4. The van der Waals surface area contributed by atoms with Gasteiger partial charge in [0.25, 0.3) is 0 Å². The number of nitrogens with one attached hydrogen (secondary N) is 1. The van der Waals surface area contributed by atoms with Crippen molar-refractivity contribution < 1.29 is 19.4 Å². The summed E-state index contributed by atoms with van der Waals surface area (Å²) in [5.74, 6) is -1.21. The molecule has 0 saturated heterocycles. The van der Waals surface area contributed by atoms with Gasteiger partial charge in [-0.1, -0.05) is 32.1 Å². The summed E-state index contributed by atoms with van der Waals surface area (Å²) < 4.78 is 5.53. The molecule has 0 aliphatic heterocycles. The predicted octanol–water partition coefficient (Wildman–Crippen LogP) is 1.85. The first-order valence-electron chi connectivity index (χ1n) is 7.28. The van der Waals surface area contributed by atoms with E-state index in [1.54, 1.807) is 0 Å². The van der Waals surface area contributed by atoms with Crippen molar-refractivity contribution in [3.63, 3.8) is 0 Å². The van der Waals surface area contributed by atoms with Crippen molar-refractivity contribution >= 4 is 11.9 Å². The highest BCUT2D eigenvalue weighted by Gasteiger charge is 2.40. The van der Waals surface area contributed by atoms with Crippen LogP contribution in [0, 0.1) is 0 Å². The summed E-state index contributed by atoms with van der Waals surface area (Å²) in [7, 11) is 0. The van der Waals surface area contributed by atoms with Gasteiger partial charge in [0.2, 0.25) is 5.91 Å². The van der Waals surface area contributed by atoms with E-state index in [0.29, 0.717) is 12.8 Å². The number of ether oxygens (including phenoxy) is 1. The minimum absolute atomic E-state index is 0.0142. The summed E-state index contributed by atoms with van der Waals surface area (Å²) in [5, 5.41) is 12.1. The van der Waals surface area contributed by atoms with Gasteiger partial charge in [0.1, 0.15) is 12.1 Å². The number of carboxylic acid groups (broad SMARTS) is 1. The van der Waals surface area contributed by atoms with Gasteiger partial charge >= 0.3 is 5.97 Å². The number of carbonyl (C=O) groups is 2. The lowest BCUT2D eigenvalue weighted by Crippen LogP contribution is -2.56. The van der Waals surface area contributed by atoms with Gasteiger partial charge in [-0.25, -0.2) is 4.79 Å². The van der Waals surface area contributed by atoms with Gasteiger partial charge in [0.15, 0.2) is 0 Å². The van der Waals surface area contributed by atoms with Crippen LogP contribution in [-0.4, -0.2) is 35.2 Å². The van der Waals surface area contributed by atoms with Crippen LogP contribution in [0.25, 0.3) is 0 Å².